The minimum absolute atomic E-state index is 0.0198. The van der Waals surface area contributed by atoms with Crippen LogP contribution in [0.2, 0.25) is 0 Å². The fourth-order valence-electron chi connectivity index (χ4n) is 2.42. The maximum Gasteiger partial charge on any atom is 0.312 e. The number of carbonyl (C=O) groups excluding carboxylic acids is 1. The predicted octanol–water partition coefficient (Wildman–Crippen LogP) is 1.79. The van der Waals surface area contributed by atoms with Crippen molar-refractivity contribution in [3.63, 3.8) is 0 Å². The summed E-state index contributed by atoms with van der Waals surface area (Å²) in [6, 6.07) is 10.2. The average Bonchev–Trinajstić information content (AvgIpc) is 2.83. The van der Waals surface area contributed by atoms with Crippen molar-refractivity contribution in [1.82, 2.24) is 0 Å². The smallest absolute Gasteiger partial charge is 0.312 e. The van der Waals surface area contributed by atoms with Crippen molar-refractivity contribution in [2.75, 3.05) is 6.61 Å². The van der Waals surface area contributed by atoms with E-state index in [1.54, 1.807) is 0 Å². The lowest BCUT2D eigenvalue weighted by Crippen LogP contribution is -2.16. The number of hydrogen-bond acceptors (Lipinski definition) is 2. The molecule has 1 aromatic carbocycles. The molecule has 2 atom stereocenters. The average molecular weight is 188 g/mol. The predicted molar refractivity (Wildman–Crippen MR) is 51.6 cm³/mol. The van der Waals surface area contributed by atoms with Gasteiger partial charge in [-0.25, -0.2) is 0 Å². The Labute approximate surface area is 82.9 Å². The summed E-state index contributed by atoms with van der Waals surface area (Å²) in [4.78, 5) is 11.5. The summed E-state index contributed by atoms with van der Waals surface area (Å²) < 4.78 is 5.05. The number of carbonyl (C=O) groups is 1. The van der Waals surface area contributed by atoms with Crippen LogP contribution in [0, 0.1) is 11.3 Å². The van der Waals surface area contributed by atoms with Gasteiger partial charge in [-0.1, -0.05) is 30.3 Å². The van der Waals surface area contributed by atoms with E-state index in [2.05, 4.69) is 12.1 Å². The van der Waals surface area contributed by atoms with E-state index in [0.717, 1.165) is 12.8 Å². The Hall–Kier alpha value is -1.31. The Morgan fingerprint density at radius 2 is 2.14 bits per heavy atom. The van der Waals surface area contributed by atoms with E-state index < -0.39 is 0 Å². The number of esters is 1. The summed E-state index contributed by atoms with van der Waals surface area (Å²) in [5.41, 5.74) is 1.11. The maximum absolute atomic E-state index is 11.5. The molecule has 1 aliphatic heterocycles. The first kappa shape index (κ1) is 8.04. The molecule has 1 heterocycles. The van der Waals surface area contributed by atoms with Gasteiger partial charge in [0.05, 0.1) is 12.0 Å². The minimum atomic E-state index is -0.138. The summed E-state index contributed by atoms with van der Waals surface area (Å²) in [6.07, 6.45) is 1.89. The molecule has 0 spiro atoms. The Morgan fingerprint density at radius 3 is 2.71 bits per heavy atom. The van der Waals surface area contributed by atoms with Gasteiger partial charge in [0.2, 0.25) is 0 Å². The van der Waals surface area contributed by atoms with Crippen molar-refractivity contribution in [3.05, 3.63) is 35.9 Å². The van der Waals surface area contributed by atoms with Crippen LogP contribution in [0.5, 0.6) is 0 Å². The first-order chi connectivity index (χ1) is 6.81. The van der Waals surface area contributed by atoms with Crippen molar-refractivity contribution >= 4 is 5.97 Å². The molecule has 1 saturated heterocycles. The van der Waals surface area contributed by atoms with E-state index in [-0.39, 0.29) is 11.4 Å². The second-order valence-corrected chi connectivity index (χ2v) is 4.32. The van der Waals surface area contributed by atoms with Crippen LogP contribution in [0.1, 0.15) is 12.0 Å². The molecule has 2 nitrogen and oxygen atoms in total. The molecule has 0 amide bonds. The molecule has 1 saturated carbocycles. The molecule has 1 aromatic rings. The summed E-state index contributed by atoms with van der Waals surface area (Å²) >= 11 is 0. The SMILES string of the molecule is O=C1OCC2C[C@]12Cc1ccccc1. The van der Waals surface area contributed by atoms with Crippen LogP contribution in [-0.4, -0.2) is 12.6 Å². The van der Waals surface area contributed by atoms with E-state index in [0.29, 0.717) is 12.5 Å². The number of fused-ring (bicyclic) bond motifs is 1. The van der Waals surface area contributed by atoms with Crippen molar-refractivity contribution in [2.45, 2.75) is 12.8 Å². The Morgan fingerprint density at radius 1 is 1.36 bits per heavy atom. The van der Waals surface area contributed by atoms with E-state index in [4.69, 9.17) is 4.74 Å². The largest absolute Gasteiger partial charge is 0.465 e. The van der Waals surface area contributed by atoms with Gasteiger partial charge in [-0.15, -0.1) is 0 Å². The number of cyclic esters (lactones) is 1. The quantitative estimate of drug-likeness (QED) is 0.661. The van der Waals surface area contributed by atoms with Crippen LogP contribution < -0.4 is 0 Å². The zero-order chi connectivity index (χ0) is 9.60. The van der Waals surface area contributed by atoms with E-state index in [9.17, 15) is 4.79 Å². The van der Waals surface area contributed by atoms with Crippen molar-refractivity contribution < 1.29 is 9.53 Å². The van der Waals surface area contributed by atoms with Gasteiger partial charge in [-0.2, -0.15) is 0 Å². The molecule has 2 aliphatic rings. The first-order valence-corrected chi connectivity index (χ1v) is 5.02. The fraction of sp³-hybridized carbons (Fsp3) is 0.417. The monoisotopic (exact) mass is 188 g/mol. The van der Waals surface area contributed by atoms with Crippen LogP contribution in [0.25, 0.3) is 0 Å². The normalized spacial score (nSPS) is 33.7. The van der Waals surface area contributed by atoms with Gasteiger partial charge < -0.3 is 4.74 Å². The lowest BCUT2D eigenvalue weighted by Gasteiger charge is -2.08. The van der Waals surface area contributed by atoms with Crippen molar-refractivity contribution in [1.29, 1.82) is 0 Å². The minimum Gasteiger partial charge on any atom is -0.465 e. The van der Waals surface area contributed by atoms with Gasteiger partial charge in [0.25, 0.3) is 0 Å². The highest BCUT2D eigenvalue weighted by Gasteiger charge is 2.65. The summed E-state index contributed by atoms with van der Waals surface area (Å²) in [6.45, 7) is 0.645. The molecule has 14 heavy (non-hydrogen) atoms. The molecular formula is C12H12O2. The standard InChI is InChI=1S/C12H12O2/c13-11-12(7-10(12)8-14-11)6-9-4-2-1-3-5-9/h1-5,10H,6-8H2/t10?,12-/m0/s1. The number of benzene rings is 1. The molecule has 0 N–H and O–H groups in total. The van der Waals surface area contributed by atoms with E-state index in [1.807, 2.05) is 18.2 Å². The molecule has 1 aliphatic carbocycles. The van der Waals surface area contributed by atoms with Gasteiger partial charge >= 0.3 is 5.97 Å². The highest BCUT2D eigenvalue weighted by atomic mass is 16.5. The molecule has 3 rings (SSSR count). The van der Waals surface area contributed by atoms with Crippen LogP contribution in [0.3, 0.4) is 0 Å². The molecule has 0 aromatic heterocycles. The lowest BCUT2D eigenvalue weighted by molar-refractivity contribution is -0.144. The van der Waals surface area contributed by atoms with Gasteiger partial charge in [-0.3, -0.25) is 4.79 Å². The van der Waals surface area contributed by atoms with Crippen molar-refractivity contribution in [3.8, 4) is 0 Å². The Bertz CT molecular complexity index is 371. The number of hydrogen-bond donors (Lipinski definition) is 0. The van der Waals surface area contributed by atoms with Gasteiger partial charge in [0, 0.05) is 5.92 Å². The molecule has 72 valence electrons. The van der Waals surface area contributed by atoms with Gasteiger partial charge in [0.1, 0.15) is 0 Å². The topological polar surface area (TPSA) is 26.3 Å². The lowest BCUT2D eigenvalue weighted by atomic mass is 9.95. The van der Waals surface area contributed by atoms with E-state index >= 15 is 0 Å². The molecule has 0 bridgehead atoms. The Balaban J connectivity index is 1.83. The number of ether oxygens (including phenoxy) is 1. The first-order valence-electron chi connectivity index (χ1n) is 5.02. The van der Waals surface area contributed by atoms with Gasteiger partial charge in [-0.05, 0) is 18.4 Å². The maximum atomic E-state index is 11.5. The molecule has 2 heteroatoms. The molecule has 2 fully saturated rings. The number of rotatable bonds is 2. The van der Waals surface area contributed by atoms with Gasteiger partial charge in [0.15, 0.2) is 0 Å². The van der Waals surface area contributed by atoms with Crippen LogP contribution in [-0.2, 0) is 16.0 Å². The van der Waals surface area contributed by atoms with E-state index in [1.165, 1.54) is 5.56 Å². The summed E-state index contributed by atoms with van der Waals surface area (Å²) in [5.74, 6) is 0.515. The van der Waals surface area contributed by atoms with Crippen LogP contribution in [0.4, 0.5) is 0 Å². The fourth-order valence-corrected chi connectivity index (χ4v) is 2.42. The zero-order valence-corrected chi connectivity index (χ0v) is 7.90. The third-order valence-corrected chi connectivity index (χ3v) is 3.42. The third-order valence-electron chi connectivity index (χ3n) is 3.42. The molecular weight excluding hydrogens is 176 g/mol. The second kappa shape index (κ2) is 2.59. The van der Waals surface area contributed by atoms with Crippen LogP contribution in [0.15, 0.2) is 30.3 Å². The summed E-state index contributed by atoms with van der Waals surface area (Å²) in [5, 5.41) is 0. The molecule has 1 unspecified atom stereocenters. The van der Waals surface area contributed by atoms with Crippen molar-refractivity contribution in [2.24, 2.45) is 11.3 Å². The second-order valence-electron chi connectivity index (χ2n) is 4.32. The third kappa shape index (κ3) is 0.999. The molecule has 0 radical (unpaired) electrons. The highest BCUT2D eigenvalue weighted by Crippen LogP contribution is 2.59. The summed E-state index contributed by atoms with van der Waals surface area (Å²) in [7, 11) is 0. The Kier molecular flexibility index (Phi) is 1.49. The highest BCUT2D eigenvalue weighted by molar-refractivity contribution is 5.83. The van der Waals surface area contributed by atoms with Crippen LogP contribution >= 0.6 is 0 Å². The zero-order valence-electron chi connectivity index (χ0n) is 7.90.